The summed E-state index contributed by atoms with van der Waals surface area (Å²) in [6.45, 7) is 9.27. The molecule has 0 aromatic carbocycles. The van der Waals surface area contributed by atoms with E-state index in [1.807, 2.05) is 0 Å². The monoisotopic (exact) mass is 347 g/mol. The van der Waals surface area contributed by atoms with Crippen LogP contribution in [0.3, 0.4) is 0 Å². The van der Waals surface area contributed by atoms with Gasteiger partial charge in [-0.1, -0.05) is 6.92 Å². The van der Waals surface area contributed by atoms with E-state index < -0.39 is 0 Å². The Bertz CT molecular complexity index is 532. The number of carbonyl (C=O) groups excluding carboxylic acids is 1. The van der Waals surface area contributed by atoms with Gasteiger partial charge in [-0.05, 0) is 101 Å². The molecule has 1 aliphatic heterocycles. The first-order valence-corrected chi connectivity index (χ1v) is 10.8. The maximum Gasteiger partial charge on any atom is 0.220 e. The van der Waals surface area contributed by atoms with Crippen LogP contribution >= 0.6 is 0 Å². The Kier molecular flexibility index (Phi) is 4.46. The second-order valence-corrected chi connectivity index (χ2v) is 10.3. The molecule has 142 valence electrons. The number of carbonyl (C=O) groups is 1. The van der Waals surface area contributed by atoms with Gasteiger partial charge in [-0.15, -0.1) is 0 Å². The SMILES string of the molecule is CC(C)O[C@H]1CC[C@@]2(C)[C@@H](CC[C@@H]3[C@@H]2CC[C@]2(C)NC(=O)CC[C@@H]32)C1. The van der Waals surface area contributed by atoms with E-state index in [0.717, 1.165) is 30.6 Å². The van der Waals surface area contributed by atoms with Gasteiger partial charge in [0.25, 0.3) is 0 Å². The fourth-order valence-electron chi connectivity index (χ4n) is 7.40. The first-order valence-electron chi connectivity index (χ1n) is 10.8. The Hall–Kier alpha value is -0.570. The highest BCUT2D eigenvalue weighted by atomic mass is 16.5. The molecule has 3 saturated carbocycles. The van der Waals surface area contributed by atoms with Gasteiger partial charge >= 0.3 is 0 Å². The van der Waals surface area contributed by atoms with Gasteiger partial charge in [-0.25, -0.2) is 0 Å². The van der Waals surface area contributed by atoms with E-state index in [-0.39, 0.29) is 11.4 Å². The number of piperidine rings is 1. The van der Waals surface area contributed by atoms with E-state index >= 15 is 0 Å². The fourth-order valence-corrected chi connectivity index (χ4v) is 7.40. The normalized spacial score (nSPS) is 49.8. The van der Waals surface area contributed by atoms with Gasteiger partial charge in [0, 0.05) is 12.0 Å². The molecule has 0 aromatic rings. The molecule has 4 aliphatic rings. The smallest absolute Gasteiger partial charge is 0.220 e. The molecular weight excluding hydrogens is 310 g/mol. The molecule has 1 N–H and O–H groups in total. The summed E-state index contributed by atoms with van der Waals surface area (Å²) in [6.07, 6.45) is 11.8. The third-order valence-electron chi connectivity index (χ3n) is 8.58. The Labute approximate surface area is 153 Å². The van der Waals surface area contributed by atoms with Crippen molar-refractivity contribution in [2.24, 2.45) is 29.1 Å². The molecule has 0 unspecified atom stereocenters. The van der Waals surface area contributed by atoms with Crippen molar-refractivity contribution in [2.45, 2.75) is 103 Å². The van der Waals surface area contributed by atoms with Crippen molar-refractivity contribution < 1.29 is 9.53 Å². The molecule has 3 aliphatic carbocycles. The number of hydrogen-bond donors (Lipinski definition) is 1. The van der Waals surface area contributed by atoms with Crippen LogP contribution in [-0.4, -0.2) is 23.7 Å². The molecule has 1 saturated heterocycles. The second-order valence-electron chi connectivity index (χ2n) is 10.3. The van der Waals surface area contributed by atoms with E-state index in [9.17, 15) is 4.79 Å². The van der Waals surface area contributed by atoms with Gasteiger partial charge in [0.05, 0.1) is 12.2 Å². The van der Waals surface area contributed by atoms with Crippen molar-refractivity contribution >= 4 is 5.91 Å². The van der Waals surface area contributed by atoms with Gasteiger partial charge in [-0.3, -0.25) is 4.79 Å². The summed E-state index contributed by atoms with van der Waals surface area (Å²) < 4.78 is 6.19. The highest BCUT2D eigenvalue weighted by molar-refractivity contribution is 5.77. The Morgan fingerprint density at radius 1 is 1.04 bits per heavy atom. The van der Waals surface area contributed by atoms with Crippen molar-refractivity contribution in [3.05, 3.63) is 0 Å². The average molecular weight is 348 g/mol. The van der Waals surface area contributed by atoms with Gasteiger partial charge in [0.15, 0.2) is 0 Å². The zero-order chi connectivity index (χ0) is 17.8. The third kappa shape index (κ3) is 2.95. The van der Waals surface area contributed by atoms with E-state index in [4.69, 9.17) is 4.74 Å². The number of nitrogens with one attached hydrogen (secondary N) is 1. The fraction of sp³-hybridized carbons (Fsp3) is 0.955. The van der Waals surface area contributed by atoms with Gasteiger partial charge < -0.3 is 10.1 Å². The topological polar surface area (TPSA) is 38.3 Å². The van der Waals surface area contributed by atoms with E-state index in [2.05, 4.69) is 33.0 Å². The maximum atomic E-state index is 12.0. The summed E-state index contributed by atoms with van der Waals surface area (Å²) in [5.41, 5.74) is 0.570. The first-order chi connectivity index (χ1) is 11.8. The lowest BCUT2D eigenvalue weighted by atomic mass is 9.45. The van der Waals surface area contributed by atoms with Crippen molar-refractivity contribution in [1.29, 1.82) is 0 Å². The van der Waals surface area contributed by atoms with Crippen molar-refractivity contribution in [3.63, 3.8) is 0 Å². The number of amides is 1. The van der Waals surface area contributed by atoms with Gasteiger partial charge in [0.2, 0.25) is 5.91 Å². The highest BCUT2D eigenvalue weighted by Crippen LogP contribution is 2.62. The summed E-state index contributed by atoms with van der Waals surface area (Å²) in [6, 6.07) is 0. The molecule has 3 heteroatoms. The maximum absolute atomic E-state index is 12.0. The minimum absolute atomic E-state index is 0.0671. The highest BCUT2D eigenvalue weighted by Gasteiger charge is 2.58. The van der Waals surface area contributed by atoms with E-state index in [1.54, 1.807) is 0 Å². The van der Waals surface area contributed by atoms with Crippen molar-refractivity contribution in [3.8, 4) is 0 Å². The van der Waals surface area contributed by atoms with Gasteiger partial charge in [-0.2, -0.15) is 0 Å². The van der Waals surface area contributed by atoms with Crippen LogP contribution < -0.4 is 5.32 Å². The minimum atomic E-state index is 0.0671. The molecule has 4 fully saturated rings. The Balaban J connectivity index is 1.52. The van der Waals surface area contributed by atoms with Crippen LogP contribution in [0.15, 0.2) is 0 Å². The van der Waals surface area contributed by atoms with Crippen LogP contribution in [0.4, 0.5) is 0 Å². The number of ether oxygens (including phenoxy) is 1. The standard InChI is InChI=1S/C22H37NO2/c1-14(2)25-16-9-11-21(3)15(13-16)5-6-17-18(21)10-12-22(4)19(17)7-8-20(24)23-22/h14-19H,5-13H2,1-4H3,(H,23,24)/t15-,16-,17+,18-,19-,21-,22-/m0/s1. The van der Waals surface area contributed by atoms with Crippen LogP contribution in [0.25, 0.3) is 0 Å². The molecule has 0 radical (unpaired) electrons. The Morgan fingerprint density at radius 2 is 1.84 bits per heavy atom. The lowest BCUT2D eigenvalue weighted by molar-refractivity contribution is -0.148. The summed E-state index contributed by atoms with van der Waals surface area (Å²) in [5, 5.41) is 3.38. The molecule has 7 atom stereocenters. The molecule has 1 heterocycles. The molecular formula is C22H37NO2. The third-order valence-corrected chi connectivity index (χ3v) is 8.58. The molecule has 25 heavy (non-hydrogen) atoms. The summed E-state index contributed by atoms with van der Waals surface area (Å²) in [4.78, 5) is 12.0. The quantitative estimate of drug-likeness (QED) is 0.787. The van der Waals surface area contributed by atoms with Crippen LogP contribution in [0.5, 0.6) is 0 Å². The van der Waals surface area contributed by atoms with E-state index in [0.29, 0.717) is 23.5 Å². The zero-order valence-electron chi connectivity index (χ0n) is 16.6. The lowest BCUT2D eigenvalue weighted by Gasteiger charge is -2.62. The summed E-state index contributed by atoms with van der Waals surface area (Å²) >= 11 is 0. The minimum Gasteiger partial charge on any atom is -0.376 e. The number of hydrogen-bond acceptors (Lipinski definition) is 2. The zero-order valence-corrected chi connectivity index (χ0v) is 16.6. The van der Waals surface area contributed by atoms with Crippen LogP contribution in [-0.2, 0) is 9.53 Å². The molecule has 0 bridgehead atoms. The summed E-state index contributed by atoms with van der Waals surface area (Å²) in [5.74, 6) is 3.51. The number of fused-ring (bicyclic) bond motifs is 5. The molecule has 0 aromatic heterocycles. The molecule has 3 nitrogen and oxygen atoms in total. The molecule has 1 amide bonds. The lowest BCUT2D eigenvalue weighted by Crippen LogP contribution is -2.63. The second kappa shape index (κ2) is 6.25. The van der Waals surface area contributed by atoms with Gasteiger partial charge in [0.1, 0.15) is 0 Å². The predicted octanol–water partition coefficient (Wildman–Crippen LogP) is 4.69. The predicted molar refractivity (Wildman–Crippen MR) is 100 cm³/mol. The van der Waals surface area contributed by atoms with E-state index in [1.165, 1.54) is 44.9 Å². The first kappa shape index (κ1) is 17.8. The van der Waals surface area contributed by atoms with Crippen LogP contribution in [0.1, 0.15) is 85.5 Å². The number of rotatable bonds is 2. The van der Waals surface area contributed by atoms with Crippen molar-refractivity contribution in [1.82, 2.24) is 5.32 Å². The average Bonchev–Trinajstić information content (AvgIpc) is 2.53. The van der Waals surface area contributed by atoms with Crippen molar-refractivity contribution in [2.75, 3.05) is 0 Å². The van der Waals surface area contributed by atoms with Crippen LogP contribution in [0, 0.1) is 29.1 Å². The summed E-state index contributed by atoms with van der Waals surface area (Å²) in [7, 11) is 0. The molecule has 0 spiro atoms. The largest absolute Gasteiger partial charge is 0.376 e. The van der Waals surface area contributed by atoms with Crippen LogP contribution in [0.2, 0.25) is 0 Å². The molecule has 4 rings (SSSR count). The Morgan fingerprint density at radius 3 is 2.60 bits per heavy atom.